The third-order valence-electron chi connectivity index (χ3n) is 4.43. The second-order valence-corrected chi connectivity index (χ2v) is 6.05. The summed E-state index contributed by atoms with van der Waals surface area (Å²) >= 11 is 0. The van der Waals surface area contributed by atoms with Gasteiger partial charge in [-0.05, 0) is 36.8 Å². The van der Waals surface area contributed by atoms with E-state index >= 15 is 0 Å². The molecule has 0 aliphatic heterocycles. The van der Waals surface area contributed by atoms with Gasteiger partial charge in [0.1, 0.15) is 28.9 Å². The first-order valence-electron chi connectivity index (χ1n) is 8.03. The molecule has 0 saturated heterocycles. The maximum absolute atomic E-state index is 11.4. The molecular formula is C20H13N3O4. The number of carboxylic acid groups (broad SMARTS) is 1. The van der Waals surface area contributed by atoms with Crippen LogP contribution in [-0.4, -0.2) is 26.4 Å². The number of fused-ring (bicyclic) bond motifs is 1. The highest BCUT2D eigenvalue weighted by Gasteiger charge is 2.22. The Kier molecular flexibility index (Phi) is 3.67. The summed E-state index contributed by atoms with van der Waals surface area (Å²) in [6, 6.07) is 11.9. The van der Waals surface area contributed by atoms with Crippen LogP contribution in [0.15, 0.2) is 47.0 Å². The number of aromatic carboxylic acids is 1. The second kappa shape index (κ2) is 6.04. The molecule has 2 aromatic heterocycles. The molecule has 4 aromatic rings. The first kappa shape index (κ1) is 16.4. The molecule has 132 valence electrons. The van der Waals surface area contributed by atoms with E-state index in [-0.39, 0.29) is 22.8 Å². The molecule has 2 aromatic carbocycles. The number of aromatic nitrogens is 2. The van der Waals surface area contributed by atoms with Gasteiger partial charge in [-0.25, -0.2) is 4.79 Å². The molecule has 0 amide bonds. The lowest BCUT2D eigenvalue weighted by atomic mass is 9.92. The lowest BCUT2D eigenvalue weighted by Gasteiger charge is -2.10. The highest BCUT2D eigenvalue weighted by atomic mass is 16.4. The van der Waals surface area contributed by atoms with Crippen LogP contribution < -0.4 is 0 Å². The van der Waals surface area contributed by atoms with E-state index in [1.807, 2.05) is 0 Å². The summed E-state index contributed by atoms with van der Waals surface area (Å²) in [5.41, 5.74) is 2.88. The summed E-state index contributed by atoms with van der Waals surface area (Å²) in [4.78, 5) is 11.4. The van der Waals surface area contributed by atoms with Crippen molar-refractivity contribution in [3.63, 3.8) is 0 Å². The minimum atomic E-state index is -1.10. The Hall–Kier alpha value is -4.05. The number of furan rings is 1. The lowest BCUT2D eigenvalue weighted by Crippen LogP contribution is -1.95. The van der Waals surface area contributed by atoms with Crippen molar-refractivity contribution in [1.29, 1.82) is 5.26 Å². The largest absolute Gasteiger partial charge is 0.508 e. The number of H-pyrrole nitrogens is 1. The van der Waals surface area contributed by atoms with E-state index in [1.54, 1.807) is 31.3 Å². The minimum absolute atomic E-state index is 0.0422. The highest BCUT2D eigenvalue weighted by Crippen LogP contribution is 2.39. The Labute approximate surface area is 153 Å². The van der Waals surface area contributed by atoms with Gasteiger partial charge in [-0.2, -0.15) is 10.4 Å². The fourth-order valence-electron chi connectivity index (χ4n) is 3.15. The molecule has 0 atom stereocenters. The Balaban J connectivity index is 2.06. The summed E-state index contributed by atoms with van der Waals surface area (Å²) < 4.78 is 5.68. The molecule has 0 aliphatic carbocycles. The third kappa shape index (κ3) is 2.60. The van der Waals surface area contributed by atoms with Crippen LogP contribution in [0.25, 0.3) is 33.4 Å². The van der Waals surface area contributed by atoms with Crippen LogP contribution in [0.1, 0.15) is 21.7 Å². The van der Waals surface area contributed by atoms with Crippen LogP contribution in [0, 0.1) is 18.3 Å². The van der Waals surface area contributed by atoms with Gasteiger partial charge >= 0.3 is 5.97 Å². The van der Waals surface area contributed by atoms with Crippen molar-refractivity contribution in [2.75, 3.05) is 0 Å². The summed E-state index contributed by atoms with van der Waals surface area (Å²) in [6.45, 7) is 1.56. The smallest absolute Gasteiger partial charge is 0.339 e. The fraction of sp³-hybridized carbons (Fsp3) is 0.0500. The number of phenols is 1. The molecule has 2 heterocycles. The number of carboxylic acids is 1. The zero-order valence-electron chi connectivity index (χ0n) is 14.1. The van der Waals surface area contributed by atoms with E-state index in [1.165, 1.54) is 18.2 Å². The number of phenolic OH excluding ortho intramolecular Hbond substituents is 1. The maximum atomic E-state index is 11.4. The van der Waals surface area contributed by atoms with Crippen molar-refractivity contribution >= 4 is 16.9 Å². The normalized spacial score (nSPS) is 10.8. The number of rotatable bonds is 3. The van der Waals surface area contributed by atoms with Gasteiger partial charge in [0.25, 0.3) is 0 Å². The Morgan fingerprint density at radius 1 is 1.26 bits per heavy atom. The molecule has 0 unspecified atom stereocenters. The number of benzene rings is 2. The zero-order valence-corrected chi connectivity index (χ0v) is 14.1. The van der Waals surface area contributed by atoms with Gasteiger partial charge in [0, 0.05) is 16.5 Å². The Bertz CT molecular complexity index is 1230. The Morgan fingerprint density at radius 2 is 2.00 bits per heavy atom. The first-order valence-corrected chi connectivity index (χ1v) is 8.03. The molecule has 0 radical (unpaired) electrons. The zero-order chi connectivity index (χ0) is 19.1. The molecule has 0 saturated carbocycles. The topological polar surface area (TPSA) is 123 Å². The fourth-order valence-corrected chi connectivity index (χ4v) is 3.15. The number of nitrogens with one attached hydrogen (secondary N) is 1. The number of hydrogen-bond acceptors (Lipinski definition) is 5. The molecule has 0 bridgehead atoms. The standard InChI is InChI=1S/C20H13N3O4/c1-10-13(20(25)26)7-18(27-10)19-15(8-21)14(6-17-16(19)9-22-23-17)11-2-4-12(24)5-3-11/h2-7,9,24H,1H3,(H,22,23)(H,25,26). The van der Waals surface area contributed by atoms with Crippen molar-refractivity contribution in [3.05, 3.63) is 59.5 Å². The van der Waals surface area contributed by atoms with E-state index in [4.69, 9.17) is 4.42 Å². The molecule has 0 spiro atoms. The number of aromatic amines is 1. The number of nitriles is 1. The number of carbonyl (C=O) groups is 1. The van der Waals surface area contributed by atoms with Gasteiger partial charge in [-0.1, -0.05) is 12.1 Å². The second-order valence-electron chi connectivity index (χ2n) is 6.05. The van der Waals surface area contributed by atoms with Gasteiger partial charge in [0.05, 0.1) is 17.3 Å². The average Bonchev–Trinajstić information content (AvgIpc) is 3.26. The van der Waals surface area contributed by atoms with Gasteiger partial charge < -0.3 is 14.6 Å². The minimum Gasteiger partial charge on any atom is -0.508 e. The van der Waals surface area contributed by atoms with E-state index in [9.17, 15) is 20.3 Å². The molecule has 3 N–H and O–H groups in total. The third-order valence-corrected chi connectivity index (χ3v) is 4.43. The van der Waals surface area contributed by atoms with Crippen LogP contribution in [0.2, 0.25) is 0 Å². The summed E-state index contributed by atoms with van der Waals surface area (Å²) in [7, 11) is 0. The van der Waals surface area contributed by atoms with E-state index in [0.717, 1.165) is 5.56 Å². The lowest BCUT2D eigenvalue weighted by molar-refractivity contribution is 0.0695. The van der Waals surface area contributed by atoms with Crippen molar-refractivity contribution in [2.24, 2.45) is 0 Å². The Morgan fingerprint density at radius 3 is 2.63 bits per heavy atom. The molecule has 0 aliphatic rings. The highest BCUT2D eigenvalue weighted by molar-refractivity contribution is 6.02. The SMILES string of the molecule is Cc1oc(-c2c(C#N)c(-c3ccc(O)cc3)cc3[nH]ncc23)cc1C(=O)O. The molecule has 27 heavy (non-hydrogen) atoms. The number of hydrogen-bond donors (Lipinski definition) is 3. The van der Waals surface area contributed by atoms with Gasteiger partial charge in [0.15, 0.2) is 0 Å². The van der Waals surface area contributed by atoms with Gasteiger partial charge in [-0.3, -0.25) is 5.10 Å². The van der Waals surface area contributed by atoms with E-state index in [0.29, 0.717) is 27.6 Å². The van der Waals surface area contributed by atoms with Crippen molar-refractivity contribution in [2.45, 2.75) is 6.92 Å². The van der Waals surface area contributed by atoms with Crippen LogP contribution >= 0.6 is 0 Å². The molecule has 7 nitrogen and oxygen atoms in total. The number of aromatic hydroxyl groups is 1. The summed E-state index contributed by atoms with van der Waals surface area (Å²) in [5, 5.41) is 36.3. The van der Waals surface area contributed by atoms with Crippen molar-refractivity contribution in [3.8, 4) is 34.3 Å². The monoisotopic (exact) mass is 359 g/mol. The predicted molar refractivity (Wildman–Crippen MR) is 97.3 cm³/mol. The van der Waals surface area contributed by atoms with E-state index < -0.39 is 5.97 Å². The average molecular weight is 359 g/mol. The number of aryl methyl sites for hydroxylation is 1. The van der Waals surface area contributed by atoms with Crippen LogP contribution in [0.5, 0.6) is 5.75 Å². The molecule has 4 rings (SSSR count). The van der Waals surface area contributed by atoms with Crippen LogP contribution in [0.4, 0.5) is 0 Å². The van der Waals surface area contributed by atoms with Crippen LogP contribution in [-0.2, 0) is 0 Å². The first-order chi connectivity index (χ1) is 13.0. The maximum Gasteiger partial charge on any atom is 0.339 e. The summed E-state index contributed by atoms with van der Waals surface area (Å²) in [5.74, 6) is -0.437. The van der Waals surface area contributed by atoms with Gasteiger partial charge in [-0.15, -0.1) is 0 Å². The van der Waals surface area contributed by atoms with Crippen LogP contribution in [0.3, 0.4) is 0 Å². The molecule has 0 fully saturated rings. The predicted octanol–water partition coefficient (Wildman–Crippen LogP) is 4.07. The molecular weight excluding hydrogens is 346 g/mol. The number of nitrogens with zero attached hydrogens (tertiary/aromatic N) is 2. The van der Waals surface area contributed by atoms with E-state index in [2.05, 4.69) is 16.3 Å². The quantitative estimate of drug-likeness (QED) is 0.506. The molecule has 7 heteroatoms. The van der Waals surface area contributed by atoms with Crippen molar-refractivity contribution < 1.29 is 19.4 Å². The van der Waals surface area contributed by atoms with Crippen molar-refractivity contribution in [1.82, 2.24) is 10.2 Å². The van der Waals surface area contributed by atoms with Gasteiger partial charge in [0.2, 0.25) is 0 Å². The summed E-state index contributed by atoms with van der Waals surface area (Å²) in [6.07, 6.45) is 1.57.